The number of nitriles is 1. The molecule has 0 atom stereocenters. The number of nitrogens with one attached hydrogen (secondary N) is 1. The molecule has 0 radical (unpaired) electrons. The number of fused-ring (bicyclic) bond motifs is 1. The maximum atomic E-state index is 13.3. The Balaban J connectivity index is 0.000000454. The van der Waals surface area contributed by atoms with Crippen LogP contribution in [0.2, 0.25) is 0 Å². The van der Waals surface area contributed by atoms with Gasteiger partial charge in [-0.1, -0.05) is 24.1 Å². The Morgan fingerprint density at radius 3 is 2.47 bits per heavy atom. The highest BCUT2D eigenvalue weighted by Crippen LogP contribution is 2.24. The Morgan fingerprint density at radius 2 is 1.86 bits per heavy atom. The van der Waals surface area contributed by atoms with Gasteiger partial charge in [0.05, 0.1) is 24.7 Å². The maximum absolute atomic E-state index is 13.3. The van der Waals surface area contributed by atoms with E-state index in [0.717, 1.165) is 37.6 Å². The summed E-state index contributed by atoms with van der Waals surface area (Å²) in [5.74, 6) is 3.84. The molecule has 1 aromatic carbocycles. The molecule has 1 saturated heterocycles. The largest absolute Gasteiger partial charge is 0.490 e. The van der Waals surface area contributed by atoms with E-state index in [1.165, 1.54) is 6.33 Å². The SMILES string of the molecule is CC#CCn1c(=O)n(Cc2ccccc2C#N)c2ncnc(N3CCNCC3)c21.O=C(O)C(F)(F)F. The number of anilines is 1. The van der Waals surface area contributed by atoms with Crippen molar-refractivity contribution >= 4 is 23.0 Å². The Morgan fingerprint density at radius 1 is 1.19 bits per heavy atom. The van der Waals surface area contributed by atoms with E-state index in [4.69, 9.17) is 9.90 Å². The van der Waals surface area contributed by atoms with Crippen molar-refractivity contribution < 1.29 is 23.1 Å². The summed E-state index contributed by atoms with van der Waals surface area (Å²) in [5.41, 5.74) is 2.37. The first-order chi connectivity index (χ1) is 17.2. The fourth-order valence-corrected chi connectivity index (χ4v) is 3.62. The van der Waals surface area contributed by atoms with E-state index in [9.17, 15) is 23.2 Å². The van der Waals surface area contributed by atoms with Gasteiger partial charge in [-0.2, -0.15) is 18.4 Å². The molecule has 3 aromatic rings. The number of hydrogen-bond acceptors (Lipinski definition) is 7. The average molecular weight is 501 g/mol. The van der Waals surface area contributed by atoms with Crippen LogP contribution in [0, 0.1) is 23.2 Å². The molecular weight excluding hydrogens is 479 g/mol. The normalized spacial score (nSPS) is 13.2. The highest BCUT2D eigenvalue weighted by molar-refractivity contribution is 5.84. The molecule has 10 nitrogen and oxygen atoms in total. The van der Waals surface area contributed by atoms with Gasteiger partial charge >= 0.3 is 17.8 Å². The maximum Gasteiger partial charge on any atom is 0.490 e. The number of piperazine rings is 1. The third-order valence-corrected chi connectivity index (χ3v) is 5.31. The van der Waals surface area contributed by atoms with Gasteiger partial charge in [0.25, 0.3) is 0 Å². The predicted molar refractivity (Wildman–Crippen MR) is 124 cm³/mol. The zero-order chi connectivity index (χ0) is 26.3. The summed E-state index contributed by atoms with van der Waals surface area (Å²) in [5, 5.41) is 19.9. The second kappa shape index (κ2) is 11.4. The van der Waals surface area contributed by atoms with Gasteiger partial charge in [0.2, 0.25) is 0 Å². The molecule has 0 aliphatic carbocycles. The summed E-state index contributed by atoms with van der Waals surface area (Å²) in [6.07, 6.45) is -3.58. The number of aliphatic carboxylic acids is 1. The van der Waals surface area contributed by atoms with Crippen molar-refractivity contribution in [2.24, 2.45) is 0 Å². The number of alkyl halides is 3. The minimum atomic E-state index is -5.08. The highest BCUT2D eigenvalue weighted by Gasteiger charge is 2.38. The first kappa shape index (κ1) is 26.2. The fourth-order valence-electron chi connectivity index (χ4n) is 3.62. The number of carboxylic acid groups (broad SMARTS) is 1. The van der Waals surface area contributed by atoms with E-state index in [2.05, 4.69) is 38.1 Å². The average Bonchev–Trinajstić information content (AvgIpc) is 3.14. The van der Waals surface area contributed by atoms with Crippen molar-refractivity contribution in [3.05, 3.63) is 52.2 Å². The van der Waals surface area contributed by atoms with E-state index < -0.39 is 12.1 Å². The van der Waals surface area contributed by atoms with E-state index in [-0.39, 0.29) is 18.8 Å². The van der Waals surface area contributed by atoms with Crippen LogP contribution in [0.25, 0.3) is 11.2 Å². The number of carbonyl (C=O) groups is 1. The first-order valence-corrected chi connectivity index (χ1v) is 10.8. The second-order valence-electron chi connectivity index (χ2n) is 7.56. The Labute approximate surface area is 203 Å². The number of aromatic nitrogens is 4. The number of nitrogens with zero attached hydrogens (tertiary/aromatic N) is 6. The molecule has 0 unspecified atom stereocenters. The summed E-state index contributed by atoms with van der Waals surface area (Å²) in [6.45, 7) is 5.63. The summed E-state index contributed by atoms with van der Waals surface area (Å²) in [4.78, 5) is 33.3. The van der Waals surface area contributed by atoms with Crippen molar-refractivity contribution in [3.63, 3.8) is 0 Å². The molecule has 36 heavy (non-hydrogen) atoms. The predicted octanol–water partition coefficient (Wildman–Crippen LogP) is 1.58. The van der Waals surface area contributed by atoms with Crippen molar-refractivity contribution in [2.75, 3.05) is 31.1 Å². The van der Waals surface area contributed by atoms with Gasteiger partial charge in [-0.25, -0.2) is 19.6 Å². The van der Waals surface area contributed by atoms with Crippen LogP contribution < -0.4 is 15.9 Å². The first-order valence-electron chi connectivity index (χ1n) is 10.8. The lowest BCUT2D eigenvalue weighted by atomic mass is 10.1. The molecule has 1 fully saturated rings. The number of benzene rings is 1. The van der Waals surface area contributed by atoms with Gasteiger partial charge in [0, 0.05) is 26.2 Å². The minimum absolute atomic E-state index is 0.202. The molecule has 0 amide bonds. The summed E-state index contributed by atoms with van der Waals surface area (Å²) in [6, 6.07) is 9.49. The zero-order valence-corrected chi connectivity index (χ0v) is 19.2. The summed E-state index contributed by atoms with van der Waals surface area (Å²) < 4.78 is 35.0. The highest BCUT2D eigenvalue weighted by atomic mass is 19.4. The molecule has 1 aliphatic rings. The van der Waals surface area contributed by atoms with Gasteiger partial charge in [-0.3, -0.25) is 9.13 Å². The van der Waals surface area contributed by atoms with Crippen LogP contribution >= 0.6 is 0 Å². The standard InChI is InChI=1S/C21H21N7O.C2HF3O2/c1-2-3-10-27-18-19(26-11-8-23-9-12-26)24-15-25-20(18)28(21(27)29)14-17-7-5-4-6-16(17)13-22;3-2(4,5)1(6)7/h4-7,15,23H,8-12,14H2,1H3;(H,6,7). The quantitative estimate of drug-likeness (QED) is 0.516. The smallest absolute Gasteiger partial charge is 0.475 e. The lowest BCUT2D eigenvalue weighted by molar-refractivity contribution is -0.192. The molecule has 2 N–H and O–H groups in total. The van der Waals surface area contributed by atoms with Crippen molar-refractivity contribution in [2.45, 2.75) is 26.2 Å². The fraction of sp³-hybridized carbons (Fsp3) is 0.348. The van der Waals surface area contributed by atoms with Crippen LogP contribution in [0.3, 0.4) is 0 Å². The second-order valence-corrected chi connectivity index (χ2v) is 7.56. The molecule has 13 heteroatoms. The van der Waals surface area contributed by atoms with Crippen LogP contribution in [0.1, 0.15) is 18.1 Å². The van der Waals surface area contributed by atoms with Crippen molar-refractivity contribution in [1.82, 2.24) is 24.4 Å². The minimum Gasteiger partial charge on any atom is -0.475 e. The lowest BCUT2D eigenvalue weighted by Gasteiger charge is -2.28. The molecule has 0 saturated carbocycles. The Hall–Kier alpha value is -4.36. The zero-order valence-electron chi connectivity index (χ0n) is 19.2. The van der Waals surface area contributed by atoms with Crippen molar-refractivity contribution in [3.8, 4) is 17.9 Å². The lowest BCUT2D eigenvalue weighted by Crippen LogP contribution is -2.44. The molecule has 4 rings (SSSR count). The summed E-state index contributed by atoms with van der Waals surface area (Å²) in [7, 11) is 0. The molecule has 3 heterocycles. The molecule has 188 valence electrons. The van der Waals surface area contributed by atoms with Gasteiger partial charge in [0.1, 0.15) is 11.8 Å². The van der Waals surface area contributed by atoms with Crippen molar-refractivity contribution in [1.29, 1.82) is 5.26 Å². The monoisotopic (exact) mass is 501 g/mol. The van der Waals surface area contributed by atoms with Crippen LogP contribution in [-0.2, 0) is 17.9 Å². The summed E-state index contributed by atoms with van der Waals surface area (Å²) >= 11 is 0. The molecule has 1 aliphatic heterocycles. The molecule has 0 bridgehead atoms. The van der Waals surface area contributed by atoms with E-state index >= 15 is 0 Å². The van der Waals surface area contributed by atoms with Gasteiger partial charge in [-0.15, -0.1) is 5.92 Å². The van der Waals surface area contributed by atoms with Gasteiger partial charge in [0.15, 0.2) is 11.5 Å². The van der Waals surface area contributed by atoms with Crippen LogP contribution in [0.5, 0.6) is 0 Å². The topological polar surface area (TPSA) is 129 Å². The molecule has 0 spiro atoms. The van der Waals surface area contributed by atoms with E-state index in [0.29, 0.717) is 16.7 Å². The van der Waals surface area contributed by atoms with Crippen LogP contribution in [-0.4, -0.2) is 62.5 Å². The molecule has 2 aromatic heterocycles. The number of imidazole rings is 1. The number of hydrogen-bond donors (Lipinski definition) is 2. The third kappa shape index (κ3) is 5.82. The number of carboxylic acids is 1. The Bertz CT molecular complexity index is 1400. The van der Waals surface area contributed by atoms with Crippen LogP contribution in [0.15, 0.2) is 35.4 Å². The Kier molecular flexibility index (Phi) is 8.30. The van der Waals surface area contributed by atoms with Crippen LogP contribution in [0.4, 0.5) is 19.0 Å². The van der Waals surface area contributed by atoms with E-state index in [1.807, 2.05) is 18.2 Å². The van der Waals surface area contributed by atoms with E-state index in [1.54, 1.807) is 22.1 Å². The number of rotatable bonds is 4. The third-order valence-electron chi connectivity index (χ3n) is 5.31. The van der Waals surface area contributed by atoms with Gasteiger partial charge < -0.3 is 15.3 Å². The van der Waals surface area contributed by atoms with Gasteiger partial charge in [-0.05, 0) is 18.6 Å². The number of halogens is 3. The molecular formula is C23H22F3N7O3.